The first-order chi connectivity index (χ1) is 8.59. The highest BCUT2D eigenvalue weighted by Gasteiger charge is 2.28. The molecule has 0 aliphatic heterocycles. The first kappa shape index (κ1) is 15.9. The lowest BCUT2D eigenvalue weighted by atomic mass is 9.87. The maximum absolute atomic E-state index is 11.8. The second-order valence-corrected chi connectivity index (χ2v) is 5.31. The molecule has 0 fully saturated rings. The maximum Gasteiger partial charge on any atom is 0.411 e. The molecule has 0 spiro atoms. The van der Waals surface area contributed by atoms with Gasteiger partial charge in [0.1, 0.15) is 6.61 Å². The summed E-state index contributed by atoms with van der Waals surface area (Å²) < 4.78 is 44.9. The Morgan fingerprint density at radius 2 is 1.95 bits per heavy atom. The summed E-state index contributed by atoms with van der Waals surface area (Å²) in [5.74, 6) is 0.565. The van der Waals surface area contributed by atoms with Crippen molar-refractivity contribution < 1.29 is 22.4 Å². The Kier molecular flexibility index (Phi) is 4.92. The second kappa shape index (κ2) is 5.87. The predicted molar refractivity (Wildman–Crippen MR) is 61.3 cm³/mol. The largest absolute Gasteiger partial charge is 0.411 e. The quantitative estimate of drug-likeness (QED) is 0.838. The van der Waals surface area contributed by atoms with Gasteiger partial charge in [-0.3, -0.25) is 0 Å². The smallest absolute Gasteiger partial charge is 0.372 e. The van der Waals surface area contributed by atoms with Gasteiger partial charge in [-0.1, -0.05) is 25.9 Å². The van der Waals surface area contributed by atoms with Crippen LogP contribution in [-0.4, -0.2) is 29.5 Å². The zero-order valence-electron chi connectivity index (χ0n) is 11.1. The van der Waals surface area contributed by atoms with E-state index in [1.807, 2.05) is 20.8 Å². The molecule has 1 rings (SSSR count). The first-order valence-electron chi connectivity index (χ1n) is 5.82. The molecule has 0 bridgehead atoms. The van der Waals surface area contributed by atoms with E-state index in [0.29, 0.717) is 0 Å². The molecule has 110 valence electrons. The van der Waals surface area contributed by atoms with Crippen LogP contribution >= 0.6 is 0 Å². The van der Waals surface area contributed by atoms with Crippen molar-refractivity contribution >= 4 is 0 Å². The fourth-order valence-electron chi connectivity index (χ4n) is 1.22. The molecule has 19 heavy (non-hydrogen) atoms. The molecule has 1 atom stereocenters. The molecule has 5 nitrogen and oxygen atoms in total. The molecular formula is C11H18F3N3O2. The van der Waals surface area contributed by atoms with Crippen LogP contribution in [-0.2, 0) is 11.2 Å². The van der Waals surface area contributed by atoms with Gasteiger partial charge in [0.15, 0.2) is 5.82 Å². The van der Waals surface area contributed by atoms with Crippen LogP contribution in [0.3, 0.4) is 0 Å². The van der Waals surface area contributed by atoms with Gasteiger partial charge in [0.2, 0.25) is 5.89 Å². The van der Waals surface area contributed by atoms with Gasteiger partial charge >= 0.3 is 6.18 Å². The fraction of sp³-hybridized carbons (Fsp3) is 0.818. The van der Waals surface area contributed by atoms with Gasteiger partial charge in [0, 0.05) is 6.42 Å². The van der Waals surface area contributed by atoms with Gasteiger partial charge in [-0.2, -0.15) is 18.2 Å². The lowest BCUT2D eigenvalue weighted by molar-refractivity contribution is -0.173. The van der Waals surface area contributed by atoms with Crippen molar-refractivity contribution in [3.63, 3.8) is 0 Å². The van der Waals surface area contributed by atoms with Crippen molar-refractivity contribution in [3.8, 4) is 0 Å². The fourth-order valence-corrected chi connectivity index (χ4v) is 1.22. The Morgan fingerprint density at radius 1 is 1.32 bits per heavy atom. The summed E-state index contributed by atoms with van der Waals surface area (Å²) in [6.07, 6.45) is -4.17. The Morgan fingerprint density at radius 3 is 2.47 bits per heavy atom. The normalized spacial score (nSPS) is 14.7. The predicted octanol–water partition coefficient (Wildman–Crippen LogP) is 2.24. The van der Waals surface area contributed by atoms with Gasteiger partial charge in [-0.05, 0) is 5.41 Å². The van der Waals surface area contributed by atoms with Gasteiger partial charge in [0.05, 0.1) is 12.6 Å². The Labute approximate surface area is 109 Å². The molecule has 0 radical (unpaired) electrons. The van der Waals surface area contributed by atoms with Crippen LogP contribution in [0.15, 0.2) is 4.52 Å². The summed E-state index contributed by atoms with van der Waals surface area (Å²) in [5, 5.41) is 3.66. The molecular weight excluding hydrogens is 263 g/mol. The highest BCUT2D eigenvalue weighted by atomic mass is 19.4. The molecule has 0 saturated carbocycles. The molecule has 8 heteroatoms. The number of hydrogen-bond donors (Lipinski definition) is 1. The van der Waals surface area contributed by atoms with E-state index >= 15 is 0 Å². The van der Waals surface area contributed by atoms with E-state index < -0.39 is 18.8 Å². The maximum atomic E-state index is 11.8. The molecule has 0 amide bonds. The lowest BCUT2D eigenvalue weighted by Gasteiger charge is -2.23. The average molecular weight is 281 g/mol. The number of alkyl halides is 3. The van der Waals surface area contributed by atoms with E-state index in [0.717, 1.165) is 0 Å². The number of rotatable bonds is 5. The summed E-state index contributed by atoms with van der Waals surface area (Å²) >= 11 is 0. The summed E-state index contributed by atoms with van der Waals surface area (Å²) in [7, 11) is 0. The molecule has 0 aromatic carbocycles. The average Bonchev–Trinajstić information content (AvgIpc) is 2.69. The number of aromatic nitrogens is 2. The Bertz CT molecular complexity index is 399. The third-order valence-electron chi connectivity index (χ3n) is 2.42. The molecule has 0 aliphatic rings. The van der Waals surface area contributed by atoms with Crippen LogP contribution in [0.4, 0.5) is 13.2 Å². The van der Waals surface area contributed by atoms with E-state index in [9.17, 15) is 13.2 Å². The van der Waals surface area contributed by atoms with E-state index in [1.165, 1.54) is 0 Å². The number of hydrogen-bond acceptors (Lipinski definition) is 5. The standard InChI is InChI=1S/C11H18F3N3O2/c1-10(2,3)8(15)9-16-7(17-19-9)4-5-18-6-11(12,13)14/h8H,4-6,15H2,1-3H3/t8-/m1/s1. The minimum absolute atomic E-state index is 0.122. The third kappa shape index (κ3) is 5.56. The number of nitrogens with zero attached hydrogens (tertiary/aromatic N) is 2. The Balaban J connectivity index is 2.43. The molecule has 1 heterocycles. The number of nitrogens with two attached hydrogens (primary N) is 1. The summed E-state index contributed by atoms with van der Waals surface area (Å²) in [5.41, 5.74) is 5.68. The van der Waals surface area contributed by atoms with Crippen LogP contribution in [0.2, 0.25) is 0 Å². The van der Waals surface area contributed by atoms with E-state index in [1.54, 1.807) is 0 Å². The molecule has 1 aromatic rings. The van der Waals surface area contributed by atoms with Crippen molar-refractivity contribution in [2.24, 2.45) is 11.1 Å². The summed E-state index contributed by atoms with van der Waals surface area (Å²) in [4.78, 5) is 4.05. The minimum atomic E-state index is -4.32. The first-order valence-corrected chi connectivity index (χ1v) is 5.82. The van der Waals surface area contributed by atoms with E-state index in [2.05, 4.69) is 14.9 Å². The van der Waals surface area contributed by atoms with Crippen LogP contribution in [0.25, 0.3) is 0 Å². The van der Waals surface area contributed by atoms with Gasteiger partial charge in [-0.15, -0.1) is 0 Å². The number of ether oxygens (including phenoxy) is 1. The SMILES string of the molecule is CC(C)(C)[C@H](N)c1nc(CCOCC(F)(F)F)no1. The van der Waals surface area contributed by atoms with Gasteiger partial charge in [-0.25, -0.2) is 0 Å². The van der Waals surface area contributed by atoms with E-state index in [-0.39, 0.29) is 30.2 Å². The highest BCUT2D eigenvalue weighted by molar-refractivity contribution is 4.96. The van der Waals surface area contributed by atoms with Crippen LogP contribution in [0.5, 0.6) is 0 Å². The topological polar surface area (TPSA) is 74.2 Å². The van der Waals surface area contributed by atoms with Crippen molar-refractivity contribution in [2.45, 2.75) is 39.4 Å². The zero-order valence-corrected chi connectivity index (χ0v) is 11.1. The van der Waals surface area contributed by atoms with Crippen LogP contribution in [0, 0.1) is 5.41 Å². The van der Waals surface area contributed by atoms with Gasteiger partial charge < -0.3 is 15.0 Å². The molecule has 1 aromatic heterocycles. The van der Waals surface area contributed by atoms with Crippen LogP contribution < -0.4 is 5.73 Å². The van der Waals surface area contributed by atoms with Gasteiger partial charge in [0.25, 0.3) is 0 Å². The highest BCUT2D eigenvalue weighted by Crippen LogP contribution is 2.29. The van der Waals surface area contributed by atoms with E-state index in [4.69, 9.17) is 10.3 Å². The zero-order chi connectivity index (χ0) is 14.7. The third-order valence-corrected chi connectivity index (χ3v) is 2.42. The minimum Gasteiger partial charge on any atom is -0.372 e. The molecule has 0 aliphatic carbocycles. The number of halogens is 3. The van der Waals surface area contributed by atoms with Crippen molar-refractivity contribution in [1.82, 2.24) is 10.1 Å². The second-order valence-electron chi connectivity index (χ2n) is 5.31. The monoisotopic (exact) mass is 281 g/mol. The molecule has 0 unspecified atom stereocenters. The Hall–Kier alpha value is -1.15. The van der Waals surface area contributed by atoms with Crippen molar-refractivity contribution in [3.05, 3.63) is 11.7 Å². The molecule has 0 saturated heterocycles. The van der Waals surface area contributed by atoms with Crippen molar-refractivity contribution in [1.29, 1.82) is 0 Å². The lowest BCUT2D eigenvalue weighted by Crippen LogP contribution is -2.26. The van der Waals surface area contributed by atoms with Crippen LogP contribution in [0.1, 0.15) is 38.5 Å². The summed E-state index contributed by atoms with van der Waals surface area (Å²) in [6.45, 7) is 4.37. The molecule has 2 N–H and O–H groups in total. The summed E-state index contributed by atoms with van der Waals surface area (Å²) in [6, 6.07) is -0.426. The van der Waals surface area contributed by atoms with Crippen molar-refractivity contribution in [2.75, 3.05) is 13.2 Å².